The molecule has 0 aliphatic carbocycles. The SMILES string of the molecule is C/C(=N/NC(=O)c1ccc[nH]1)c1ccc(S(=O)(=O)NCc2ccc(F)cc2)cc1. The molecule has 7 nitrogen and oxygen atoms in total. The molecular weight excluding hydrogens is 395 g/mol. The number of nitrogens with zero attached hydrogens (tertiary/aromatic N) is 1. The van der Waals surface area contributed by atoms with E-state index in [-0.39, 0.29) is 23.2 Å². The number of rotatable bonds is 7. The van der Waals surface area contributed by atoms with Crippen molar-refractivity contribution in [2.45, 2.75) is 18.4 Å². The average Bonchev–Trinajstić information content (AvgIpc) is 3.26. The molecule has 1 amide bonds. The van der Waals surface area contributed by atoms with Crippen molar-refractivity contribution in [2.24, 2.45) is 5.10 Å². The molecule has 0 spiro atoms. The number of hydrogen-bond donors (Lipinski definition) is 3. The Bertz CT molecular complexity index is 1110. The number of hydrazone groups is 1. The highest BCUT2D eigenvalue weighted by atomic mass is 32.2. The molecule has 3 rings (SSSR count). The van der Waals surface area contributed by atoms with Crippen LogP contribution in [0.2, 0.25) is 0 Å². The highest BCUT2D eigenvalue weighted by Gasteiger charge is 2.14. The minimum absolute atomic E-state index is 0.0512. The van der Waals surface area contributed by atoms with Crippen molar-refractivity contribution in [1.82, 2.24) is 15.1 Å². The standard InChI is InChI=1S/C20H19FN4O3S/c1-14(24-25-20(26)19-3-2-12-22-19)16-6-10-18(11-7-16)29(27,28)23-13-15-4-8-17(21)9-5-15/h2-12,22-23H,13H2,1H3,(H,25,26)/b24-14-. The molecule has 1 aromatic heterocycles. The van der Waals surface area contributed by atoms with E-state index in [1.807, 2.05) is 0 Å². The number of halogens is 1. The smallest absolute Gasteiger partial charge is 0.287 e. The fraction of sp³-hybridized carbons (Fsp3) is 0.100. The van der Waals surface area contributed by atoms with Gasteiger partial charge in [-0.15, -0.1) is 0 Å². The van der Waals surface area contributed by atoms with Crippen LogP contribution in [-0.2, 0) is 16.6 Å². The van der Waals surface area contributed by atoms with Crippen LogP contribution in [-0.4, -0.2) is 25.0 Å². The van der Waals surface area contributed by atoms with Gasteiger partial charge in [-0.25, -0.2) is 23.0 Å². The van der Waals surface area contributed by atoms with Gasteiger partial charge in [0.2, 0.25) is 10.0 Å². The summed E-state index contributed by atoms with van der Waals surface area (Å²) in [7, 11) is -3.72. The molecule has 0 bridgehead atoms. The molecule has 0 radical (unpaired) electrons. The van der Waals surface area contributed by atoms with Gasteiger partial charge in [0.15, 0.2) is 0 Å². The van der Waals surface area contributed by atoms with Crippen LogP contribution in [0.25, 0.3) is 0 Å². The van der Waals surface area contributed by atoms with E-state index in [0.29, 0.717) is 22.5 Å². The monoisotopic (exact) mass is 414 g/mol. The van der Waals surface area contributed by atoms with E-state index >= 15 is 0 Å². The molecule has 1 heterocycles. The van der Waals surface area contributed by atoms with E-state index in [1.54, 1.807) is 37.4 Å². The second kappa shape index (κ2) is 8.80. The van der Waals surface area contributed by atoms with Gasteiger partial charge in [-0.1, -0.05) is 24.3 Å². The van der Waals surface area contributed by atoms with Gasteiger partial charge in [-0.2, -0.15) is 5.10 Å². The average molecular weight is 414 g/mol. The third kappa shape index (κ3) is 5.37. The lowest BCUT2D eigenvalue weighted by molar-refractivity contribution is 0.0950. The zero-order valence-electron chi connectivity index (χ0n) is 15.5. The molecule has 150 valence electrons. The number of aromatic amines is 1. The molecule has 0 fully saturated rings. The summed E-state index contributed by atoms with van der Waals surface area (Å²) in [6, 6.07) is 15.0. The lowest BCUT2D eigenvalue weighted by atomic mass is 10.1. The zero-order chi connectivity index (χ0) is 20.9. The van der Waals surface area contributed by atoms with Gasteiger partial charge >= 0.3 is 0 Å². The van der Waals surface area contributed by atoms with E-state index < -0.39 is 10.0 Å². The first-order chi connectivity index (χ1) is 13.8. The molecular formula is C20H19FN4O3S. The zero-order valence-corrected chi connectivity index (χ0v) is 16.3. The minimum Gasteiger partial charge on any atom is -0.357 e. The Morgan fingerprint density at radius 2 is 1.76 bits per heavy atom. The first-order valence-electron chi connectivity index (χ1n) is 8.68. The van der Waals surface area contributed by atoms with Crippen LogP contribution in [0, 0.1) is 5.82 Å². The fourth-order valence-electron chi connectivity index (χ4n) is 2.47. The van der Waals surface area contributed by atoms with Crippen molar-refractivity contribution >= 4 is 21.6 Å². The maximum Gasteiger partial charge on any atom is 0.287 e. The molecule has 0 saturated carbocycles. The van der Waals surface area contributed by atoms with E-state index in [4.69, 9.17) is 0 Å². The second-order valence-corrected chi connectivity index (χ2v) is 7.96. The van der Waals surface area contributed by atoms with Gasteiger partial charge in [0.25, 0.3) is 5.91 Å². The Morgan fingerprint density at radius 3 is 2.38 bits per heavy atom. The van der Waals surface area contributed by atoms with Crippen LogP contribution in [0.4, 0.5) is 4.39 Å². The first kappa shape index (κ1) is 20.4. The molecule has 0 unspecified atom stereocenters. The molecule has 0 aliphatic heterocycles. The third-order valence-corrected chi connectivity index (χ3v) is 5.55. The minimum atomic E-state index is -3.72. The van der Waals surface area contributed by atoms with Gasteiger partial charge in [-0.3, -0.25) is 4.79 Å². The summed E-state index contributed by atoms with van der Waals surface area (Å²) in [5.74, 6) is -0.758. The van der Waals surface area contributed by atoms with Gasteiger partial charge in [0.1, 0.15) is 11.5 Å². The van der Waals surface area contributed by atoms with E-state index in [0.717, 1.165) is 0 Å². The normalized spacial score (nSPS) is 12.0. The van der Waals surface area contributed by atoms with E-state index in [1.165, 1.54) is 36.4 Å². The lowest BCUT2D eigenvalue weighted by Gasteiger charge is -2.08. The van der Waals surface area contributed by atoms with Crippen molar-refractivity contribution in [3.63, 3.8) is 0 Å². The van der Waals surface area contributed by atoms with E-state index in [2.05, 4.69) is 20.2 Å². The molecule has 2 aromatic carbocycles. The topological polar surface area (TPSA) is 103 Å². The van der Waals surface area contributed by atoms with Crippen LogP contribution in [0.1, 0.15) is 28.5 Å². The summed E-state index contributed by atoms with van der Waals surface area (Å²) >= 11 is 0. The molecule has 0 saturated heterocycles. The summed E-state index contributed by atoms with van der Waals surface area (Å²) in [6.07, 6.45) is 1.63. The number of aromatic nitrogens is 1. The van der Waals surface area contributed by atoms with Crippen LogP contribution < -0.4 is 10.1 Å². The number of amides is 1. The summed E-state index contributed by atoms with van der Waals surface area (Å²) in [6.45, 7) is 1.75. The maximum absolute atomic E-state index is 12.9. The van der Waals surface area contributed by atoms with Crippen molar-refractivity contribution in [2.75, 3.05) is 0 Å². The highest BCUT2D eigenvalue weighted by Crippen LogP contribution is 2.12. The second-order valence-electron chi connectivity index (χ2n) is 6.20. The van der Waals surface area contributed by atoms with Crippen molar-refractivity contribution in [3.05, 3.63) is 89.5 Å². The predicted molar refractivity (Wildman–Crippen MR) is 107 cm³/mol. The molecule has 3 N–H and O–H groups in total. The van der Waals surface area contributed by atoms with Gasteiger partial charge in [0, 0.05) is 12.7 Å². The Labute approximate surface area is 167 Å². The number of hydrogen-bond acceptors (Lipinski definition) is 4. The maximum atomic E-state index is 12.9. The number of H-pyrrole nitrogens is 1. The Kier molecular flexibility index (Phi) is 6.20. The van der Waals surface area contributed by atoms with Crippen LogP contribution in [0.15, 0.2) is 76.9 Å². The summed E-state index contributed by atoms with van der Waals surface area (Å²) < 4.78 is 40.2. The third-order valence-electron chi connectivity index (χ3n) is 4.13. The number of carbonyl (C=O) groups excluding carboxylic acids is 1. The number of nitrogens with one attached hydrogen (secondary N) is 3. The largest absolute Gasteiger partial charge is 0.357 e. The Balaban J connectivity index is 1.64. The van der Waals surface area contributed by atoms with Crippen molar-refractivity contribution < 1.29 is 17.6 Å². The van der Waals surface area contributed by atoms with Crippen molar-refractivity contribution in [3.8, 4) is 0 Å². The fourth-order valence-corrected chi connectivity index (χ4v) is 3.49. The van der Waals surface area contributed by atoms with E-state index in [9.17, 15) is 17.6 Å². The van der Waals surface area contributed by atoms with Crippen LogP contribution in [0.3, 0.4) is 0 Å². The van der Waals surface area contributed by atoms with Gasteiger partial charge in [0.05, 0.1) is 10.6 Å². The summed E-state index contributed by atoms with van der Waals surface area (Å²) in [4.78, 5) is 14.7. The molecule has 29 heavy (non-hydrogen) atoms. The molecule has 0 atom stereocenters. The number of sulfonamides is 1. The quantitative estimate of drug-likeness (QED) is 0.409. The lowest BCUT2D eigenvalue weighted by Crippen LogP contribution is -2.23. The molecule has 3 aromatic rings. The summed E-state index contributed by atoms with van der Waals surface area (Å²) in [5.41, 5.74) is 4.64. The highest BCUT2D eigenvalue weighted by molar-refractivity contribution is 7.89. The van der Waals surface area contributed by atoms with Crippen LogP contribution in [0.5, 0.6) is 0 Å². The van der Waals surface area contributed by atoms with Gasteiger partial charge < -0.3 is 4.98 Å². The number of carbonyl (C=O) groups is 1. The molecule has 9 heteroatoms. The molecule has 0 aliphatic rings. The van der Waals surface area contributed by atoms with Crippen molar-refractivity contribution in [1.29, 1.82) is 0 Å². The van der Waals surface area contributed by atoms with Gasteiger partial charge in [-0.05, 0) is 54.4 Å². The number of benzene rings is 2. The Hall–Kier alpha value is -3.30. The Morgan fingerprint density at radius 1 is 1.07 bits per heavy atom. The first-order valence-corrected chi connectivity index (χ1v) is 10.2. The predicted octanol–water partition coefficient (Wildman–Crippen LogP) is 2.79. The van der Waals surface area contributed by atoms with Crippen LogP contribution >= 0.6 is 0 Å². The summed E-state index contributed by atoms with van der Waals surface area (Å²) in [5, 5.41) is 4.03.